The third kappa shape index (κ3) is 4.63. The van der Waals surface area contributed by atoms with Crippen LogP contribution < -0.4 is 5.32 Å². The molecule has 0 saturated heterocycles. The molecule has 2 aromatic rings. The highest BCUT2D eigenvalue weighted by Gasteiger charge is 2.07. The second-order valence-corrected chi connectivity index (χ2v) is 6.74. The van der Waals surface area contributed by atoms with E-state index in [1.165, 1.54) is 11.1 Å². The van der Waals surface area contributed by atoms with E-state index in [0.717, 1.165) is 16.9 Å². The van der Waals surface area contributed by atoms with Crippen molar-refractivity contribution in [3.63, 3.8) is 0 Å². The molecular weight excluding hydrogens is 266 g/mol. The van der Waals surface area contributed by atoms with E-state index in [9.17, 15) is 0 Å². The summed E-state index contributed by atoms with van der Waals surface area (Å²) in [6, 6.07) is 18.7. The Balaban J connectivity index is 2.12. The molecule has 0 fully saturated rings. The first kappa shape index (κ1) is 16.1. The lowest BCUT2D eigenvalue weighted by molar-refractivity contribution is 0.545. The molecule has 0 spiro atoms. The highest BCUT2D eigenvalue weighted by molar-refractivity contribution is 5.76. The minimum absolute atomic E-state index is 0.196. The van der Waals surface area contributed by atoms with Crippen LogP contribution in [0.25, 0.3) is 11.3 Å². The van der Waals surface area contributed by atoms with Crippen molar-refractivity contribution in [1.29, 1.82) is 0 Å². The third-order valence-corrected chi connectivity index (χ3v) is 3.41. The summed E-state index contributed by atoms with van der Waals surface area (Å²) in [6.07, 6.45) is 2.30. The normalized spacial score (nSPS) is 12.1. The average Bonchev–Trinajstić information content (AvgIpc) is 2.46. The van der Waals surface area contributed by atoms with Gasteiger partial charge in [-0.15, -0.1) is 0 Å². The summed E-state index contributed by atoms with van der Waals surface area (Å²) in [4.78, 5) is 0. The van der Waals surface area contributed by atoms with E-state index in [1.807, 2.05) is 30.3 Å². The molecule has 0 amide bonds. The van der Waals surface area contributed by atoms with Gasteiger partial charge in [0.05, 0.1) is 0 Å². The number of para-hydroxylation sites is 1. The summed E-state index contributed by atoms with van der Waals surface area (Å²) in [7, 11) is 0. The van der Waals surface area contributed by atoms with Crippen LogP contribution >= 0.6 is 0 Å². The Morgan fingerprint density at radius 2 is 1.45 bits per heavy atom. The number of allylic oxidation sites excluding steroid dienone is 2. The Labute approximate surface area is 134 Å². The zero-order valence-electron chi connectivity index (χ0n) is 14.0. The van der Waals surface area contributed by atoms with Crippen molar-refractivity contribution in [2.75, 3.05) is 5.32 Å². The minimum Gasteiger partial charge on any atom is -0.356 e. The van der Waals surface area contributed by atoms with E-state index < -0.39 is 0 Å². The molecule has 0 aliphatic rings. The van der Waals surface area contributed by atoms with E-state index in [0.29, 0.717) is 0 Å². The van der Waals surface area contributed by atoms with Crippen LogP contribution in [0.5, 0.6) is 0 Å². The predicted octanol–water partition coefficient (Wildman–Crippen LogP) is 6.22. The van der Waals surface area contributed by atoms with Crippen LogP contribution in [0.3, 0.4) is 0 Å². The molecule has 0 aliphatic heterocycles. The van der Waals surface area contributed by atoms with E-state index in [1.54, 1.807) is 0 Å². The molecule has 0 bridgehead atoms. The number of rotatable bonds is 4. The summed E-state index contributed by atoms with van der Waals surface area (Å²) in [5, 5.41) is 3.34. The predicted molar refractivity (Wildman–Crippen MR) is 98.6 cm³/mol. The molecule has 0 aromatic heterocycles. The highest BCUT2D eigenvalue weighted by Crippen LogP contribution is 2.25. The van der Waals surface area contributed by atoms with Gasteiger partial charge in [0.2, 0.25) is 0 Å². The molecule has 1 nitrogen and oxygen atoms in total. The first-order valence-electron chi connectivity index (χ1n) is 7.66. The van der Waals surface area contributed by atoms with Gasteiger partial charge in [-0.25, -0.2) is 0 Å². The summed E-state index contributed by atoms with van der Waals surface area (Å²) >= 11 is 0. The van der Waals surface area contributed by atoms with Crippen molar-refractivity contribution in [3.05, 3.63) is 78.4 Å². The zero-order chi connectivity index (χ0) is 16.2. The zero-order valence-corrected chi connectivity index (χ0v) is 14.0. The molecule has 114 valence electrons. The molecule has 0 saturated carbocycles. The van der Waals surface area contributed by atoms with Gasteiger partial charge in [-0.3, -0.25) is 0 Å². The minimum atomic E-state index is 0.196. The van der Waals surface area contributed by atoms with E-state index in [2.05, 4.69) is 69.9 Å². The summed E-state index contributed by atoms with van der Waals surface area (Å²) < 4.78 is 0. The van der Waals surface area contributed by atoms with E-state index in [4.69, 9.17) is 0 Å². The summed E-state index contributed by atoms with van der Waals surface area (Å²) in [6.45, 7) is 12.9. The van der Waals surface area contributed by atoms with Crippen LogP contribution in [0.1, 0.15) is 38.8 Å². The topological polar surface area (TPSA) is 12.0 Å². The van der Waals surface area contributed by atoms with Gasteiger partial charge in [-0.2, -0.15) is 0 Å². The molecule has 1 N–H and O–H groups in total. The smallest absolute Gasteiger partial charge is 0.0384 e. The SMILES string of the molecule is C=C(Nc1ccccc1)c1ccc(/C(C)=C/C(C)(C)C)cc1. The van der Waals surface area contributed by atoms with Gasteiger partial charge in [0.15, 0.2) is 0 Å². The second kappa shape index (κ2) is 6.65. The molecule has 1 heteroatoms. The third-order valence-electron chi connectivity index (χ3n) is 3.41. The fourth-order valence-corrected chi connectivity index (χ4v) is 2.44. The van der Waals surface area contributed by atoms with E-state index in [-0.39, 0.29) is 5.41 Å². The maximum absolute atomic E-state index is 4.13. The molecule has 0 aliphatic carbocycles. The fraction of sp³-hybridized carbons (Fsp3) is 0.238. The number of hydrogen-bond acceptors (Lipinski definition) is 1. The Hall–Kier alpha value is -2.28. The van der Waals surface area contributed by atoms with Crippen LogP contribution in [0, 0.1) is 5.41 Å². The molecule has 2 rings (SSSR count). The highest BCUT2D eigenvalue weighted by atomic mass is 14.9. The maximum atomic E-state index is 4.13. The lowest BCUT2D eigenvalue weighted by Gasteiger charge is -2.15. The monoisotopic (exact) mass is 291 g/mol. The molecule has 2 aromatic carbocycles. The van der Waals surface area contributed by atoms with Crippen LogP contribution in [-0.2, 0) is 0 Å². The first-order valence-corrected chi connectivity index (χ1v) is 7.66. The van der Waals surface area contributed by atoms with Crippen molar-refractivity contribution in [1.82, 2.24) is 0 Å². The van der Waals surface area contributed by atoms with Crippen LogP contribution in [0.4, 0.5) is 5.69 Å². The maximum Gasteiger partial charge on any atom is 0.0384 e. The summed E-state index contributed by atoms with van der Waals surface area (Å²) in [5.74, 6) is 0. The standard InChI is InChI=1S/C21H25N/c1-16(15-21(3,4)5)18-11-13-19(14-12-18)17(2)22-20-9-7-6-8-10-20/h6-15,22H,2H2,1,3-5H3/b16-15+. The Morgan fingerprint density at radius 1 is 0.909 bits per heavy atom. The van der Waals surface area contributed by atoms with Crippen molar-refractivity contribution >= 4 is 17.0 Å². The first-order chi connectivity index (χ1) is 10.3. The van der Waals surface area contributed by atoms with Gasteiger partial charge in [0.25, 0.3) is 0 Å². The van der Waals surface area contributed by atoms with Crippen LogP contribution in [0.2, 0.25) is 0 Å². The molecular formula is C21H25N. The van der Waals surface area contributed by atoms with Gasteiger partial charge in [-0.1, -0.05) is 75.9 Å². The average molecular weight is 291 g/mol. The quantitative estimate of drug-likeness (QED) is 0.705. The number of anilines is 1. The largest absolute Gasteiger partial charge is 0.356 e. The van der Waals surface area contributed by atoms with Crippen molar-refractivity contribution in [3.8, 4) is 0 Å². The molecule has 22 heavy (non-hydrogen) atoms. The second-order valence-electron chi connectivity index (χ2n) is 6.74. The van der Waals surface area contributed by atoms with Crippen molar-refractivity contribution in [2.24, 2.45) is 5.41 Å². The fourth-order valence-electron chi connectivity index (χ4n) is 2.44. The van der Waals surface area contributed by atoms with Gasteiger partial charge < -0.3 is 5.32 Å². The van der Waals surface area contributed by atoms with Gasteiger partial charge >= 0.3 is 0 Å². The van der Waals surface area contributed by atoms with Crippen LogP contribution in [-0.4, -0.2) is 0 Å². The number of nitrogens with one attached hydrogen (secondary N) is 1. The molecule has 0 unspecified atom stereocenters. The number of benzene rings is 2. The van der Waals surface area contributed by atoms with Crippen molar-refractivity contribution < 1.29 is 0 Å². The summed E-state index contributed by atoms with van der Waals surface area (Å²) in [5.41, 5.74) is 5.83. The number of hydrogen-bond donors (Lipinski definition) is 1. The van der Waals surface area contributed by atoms with Gasteiger partial charge in [0.1, 0.15) is 0 Å². The molecule has 0 radical (unpaired) electrons. The van der Waals surface area contributed by atoms with E-state index >= 15 is 0 Å². The van der Waals surface area contributed by atoms with Crippen molar-refractivity contribution in [2.45, 2.75) is 27.7 Å². The van der Waals surface area contributed by atoms with Gasteiger partial charge in [-0.05, 0) is 41.2 Å². The Bertz CT molecular complexity index is 655. The van der Waals surface area contributed by atoms with Gasteiger partial charge in [0, 0.05) is 11.4 Å². The molecule has 0 atom stereocenters. The van der Waals surface area contributed by atoms with Crippen LogP contribution in [0.15, 0.2) is 67.3 Å². The lowest BCUT2D eigenvalue weighted by Crippen LogP contribution is -2.00. The Morgan fingerprint density at radius 3 is 2.00 bits per heavy atom. The lowest BCUT2D eigenvalue weighted by atomic mass is 9.91. The Kier molecular flexibility index (Phi) is 4.87. The molecule has 0 heterocycles.